The molecule has 3 heterocycles. The van der Waals surface area contributed by atoms with Gasteiger partial charge in [-0.25, -0.2) is 15.0 Å². The molecule has 122 valence electrons. The van der Waals surface area contributed by atoms with Gasteiger partial charge >= 0.3 is 6.01 Å². The van der Waals surface area contributed by atoms with Crippen molar-refractivity contribution in [1.82, 2.24) is 19.9 Å². The molecule has 2 aromatic heterocycles. The average Bonchev–Trinajstić information content (AvgIpc) is 2.58. The largest absolute Gasteiger partial charge is 0.480 e. The maximum Gasteiger partial charge on any atom is 0.316 e. The lowest BCUT2D eigenvalue weighted by Crippen LogP contribution is -2.42. The van der Waals surface area contributed by atoms with E-state index in [0.29, 0.717) is 24.4 Å². The van der Waals surface area contributed by atoms with Crippen molar-refractivity contribution in [3.05, 3.63) is 28.6 Å². The van der Waals surface area contributed by atoms with Gasteiger partial charge in [-0.2, -0.15) is 4.98 Å². The number of methoxy groups -OCH3 is 1. The van der Waals surface area contributed by atoms with Gasteiger partial charge in [-0.3, -0.25) is 0 Å². The van der Waals surface area contributed by atoms with Gasteiger partial charge in [0.1, 0.15) is 6.10 Å². The van der Waals surface area contributed by atoms with Gasteiger partial charge in [0.2, 0.25) is 11.8 Å². The molecule has 0 radical (unpaired) electrons. The van der Waals surface area contributed by atoms with Crippen LogP contribution >= 0.6 is 15.9 Å². The van der Waals surface area contributed by atoms with E-state index in [2.05, 4.69) is 40.8 Å². The highest BCUT2D eigenvalue weighted by molar-refractivity contribution is 9.10. The van der Waals surface area contributed by atoms with E-state index in [-0.39, 0.29) is 6.10 Å². The summed E-state index contributed by atoms with van der Waals surface area (Å²) in [5.74, 6) is 1.17. The van der Waals surface area contributed by atoms with Crippen LogP contribution in [-0.4, -0.2) is 46.2 Å². The summed E-state index contributed by atoms with van der Waals surface area (Å²) in [4.78, 5) is 19.3. The Morgan fingerprint density at radius 1 is 1.22 bits per heavy atom. The molecule has 3 rings (SSSR count). The molecule has 0 amide bonds. The van der Waals surface area contributed by atoms with Crippen molar-refractivity contribution in [2.24, 2.45) is 0 Å². The molecule has 2 aromatic rings. The number of nitrogens with zero attached hydrogens (tertiary/aromatic N) is 5. The zero-order valence-electron chi connectivity index (χ0n) is 13.1. The van der Waals surface area contributed by atoms with Crippen LogP contribution < -0.4 is 14.4 Å². The van der Waals surface area contributed by atoms with Gasteiger partial charge in [-0.1, -0.05) is 0 Å². The van der Waals surface area contributed by atoms with Gasteiger partial charge in [0, 0.05) is 18.9 Å². The topological polar surface area (TPSA) is 73.3 Å². The molecule has 1 saturated heterocycles. The van der Waals surface area contributed by atoms with Crippen molar-refractivity contribution in [1.29, 1.82) is 0 Å². The van der Waals surface area contributed by atoms with E-state index in [1.54, 1.807) is 25.7 Å². The molecule has 1 aliphatic heterocycles. The Bertz CT molecular complexity index is 667. The summed E-state index contributed by atoms with van der Waals surface area (Å²) >= 11 is 3.37. The zero-order chi connectivity index (χ0) is 16.2. The lowest BCUT2D eigenvalue weighted by molar-refractivity contribution is 0.163. The van der Waals surface area contributed by atoms with Gasteiger partial charge in [-0.05, 0) is 41.3 Å². The third-order valence-electron chi connectivity index (χ3n) is 3.58. The zero-order valence-corrected chi connectivity index (χ0v) is 14.7. The number of aryl methyl sites for hydroxylation is 1. The van der Waals surface area contributed by atoms with Gasteiger partial charge in [0.25, 0.3) is 0 Å². The Morgan fingerprint density at radius 2 is 2.00 bits per heavy atom. The van der Waals surface area contributed by atoms with Crippen LogP contribution in [-0.2, 0) is 0 Å². The van der Waals surface area contributed by atoms with E-state index in [0.717, 1.165) is 29.4 Å². The standard InChI is InChI=1S/C15H18BrN5O2/c1-10-6-18-15(19-7-10)23-11-4-3-5-21(9-11)14-17-8-12(16)13(20-14)22-2/h6-8,11H,3-5,9H2,1-2H3. The van der Waals surface area contributed by atoms with E-state index in [4.69, 9.17) is 9.47 Å². The molecule has 0 bridgehead atoms. The van der Waals surface area contributed by atoms with Crippen molar-refractivity contribution in [3.63, 3.8) is 0 Å². The highest BCUT2D eigenvalue weighted by Crippen LogP contribution is 2.25. The molecule has 0 N–H and O–H groups in total. The number of ether oxygens (including phenoxy) is 2. The molecular weight excluding hydrogens is 362 g/mol. The van der Waals surface area contributed by atoms with Crippen LogP contribution in [0.4, 0.5) is 5.95 Å². The molecule has 7 nitrogen and oxygen atoms in total. The number of hydrogen-bond acceptors (Lipinski definition) is 7. The Morgan fingerprint density at radius 3 is 2.74 bits per heavy atom. The highest BCUT2D eigenvalue weighted by Gasteiger charge is 2.24. The number of halogens is 1. The van der Waals surface area contributed by atoms with Gasteiger partial charge < -0.3 is 14.4 Å². The van der Waals surface area contributed by atoms with E-state index >= 15 is 0 Å². The van der Waals surface area contributed by atoms with Gasteiger partial charge in [0.15, 0.2) is 0 Å². The molecule has 0 aliphatic carbocycles. The summed E-state index contributed by atoms with van der Waals surface area (Å²) in [6.07, 6.45) is 7.19. The van der Waals surface area contributed by atoms with Crippen LogP contribution in [0.25, 0.3) is 0 Å². The fourth-order valence-corrected chi connectivity index (χ4v) is 2.80. The third kappa shape index (κ3) is 3.87. The molecule has 0 spiro atoms. The van der Waals surface area contributed by atoms with Crippen LogP contribution in [0.3, 0.4) is 0 Å². The fourth-order valence-electron chi connectivity index (χ4n) is 2.44. The molecule has 1 unspecified atom stereocenters. The van der Waals surface area contributed by atoms with Crippen molar-refractivity contribution >= 4 is 21.9 Å². The molecule has 1 fully saturated rings. The first-order valence-corrected chi connectivity index (χ1v) is 8.22. The predicted molar refractivity (Wildman–Crippen MR) is 88.9 cm³/mol. The molecule has 23 heavy (non-hydrogen) atoms. The first-order valence-electron chi connectivity index (χ1n) is 7.42. The number of hydrogen-bond donors (Lipinski definition) is 0. The Kier molecular flexibility index (Phi) is 4.90. The number of rotatable bonds is 4. The summed E-state index contributed by atoms with van der Waals surface area (Å²) in [6, 6.07) is 0.414. The minimum Gasteiger partial charge on any atom is -0.480 e. The van der Waals surface area contributed by atoms with Gasteiger partial charge in [-0.15, -0.1) is 0 Å². The van der Waals surface area contributed by atoms with E-state index in [1.807, 2.05) is 6.92 Å². The summed E-state index contributed by atoms with van der Waals surface area (Å²) in [5.41, 5.74) is 1.01. The average molecular weight is 380 g/mol. The molecule has 0 saturated carbocycles. The Balaban J connectivity index is 1.69. The van der Waals surface area contributed by atoms with E-state index < -0.39 is 0 Å². The fraction of sp³-hybridized carbons (Fsp3) is 0.467. The number of aromatic nitrogens is 4. The van der Waals surface area contributed by atoms with Crippen molar-refractivity contribution < 1.29 is 9.47 Å². The molecular formula is C15H18BrN5O2. The smallest absolute Gasteiger partial charge is 0.316 e. The number of piperidine rings is 1. The second-order valence-corrected chi connectivity index (χ2v) is 6.25. The van der Waals surface area contributed by atoms with Crippen LogP contribution in [0.2, 0.25) is 0 Å². The molecule has 1 atom stereocenters. The quantitative estimate of drug-likeness (QED) is 0.807. The van der Waals surface area contributed by atoms with Crippen LogP contribution in [0.15, 0.2) is 23.1 Å². The van der Waals surface area contributed by atoms with Crippen molar-refractivity contribution in [2.45, 2.75) is 25.9 Å². The SMILES string of the molecule is COc1nc(N2CCCC(Oc3ncc(C)cn3)C2)ncc1Br. The molecule has 1 aliphatic rings. The van der Waals surface area contributed by atoms with Crippen molar-refractivity contribution in [2.75, 3.05) is 25.1 Å². The number of anilines is 1. The van der Waals surface area contributed by atoms with Crippen LogP contribution in [0, 0.1) is 6.92 Å². The molecule has 0 aromatic carbocycles. The van der Waals surface area contributed by atoms with Crippen molar-refractivity contribution in [3.8, 4) is 11.9 Å². The minimum atomic E-state index is 0.0182. The first kappa shape index (κ1) is 15.9. The third-order valence-corrected chi connectivity index (χ3v) is 4.13. The summed E-state index contributed by atoms with van der Waals surface area (Å²) < 4.78 is 11.9. The Hall–Kier alpha value is -1.96. The lowest BCUT2D eigenvalue weighted by Gasteiger charge is -2.32. The summed E-state index contributed by atoms with van der Waals surface area (Å²) in [7, 11) is 1.59. The monoisotopic (exact) mass is 379 g/mol. The summed E-state index contributed by atoms with van der Waals surface area (Å²) in [6.45, 7) is 3.53. The Labute approximate surface area is 143 Å². The van der Waals surface area contributed by atoms with Crippen LogP contribution in [0.1, 0.15) is 18.4 Å². The predicted octanol–water partition coefficient (Wildman–Crippen LogP) is 2.39. The second kappa shape index (κ2) is 7.08. The maximum absolute atomic E-state index is 5.88. The maximum atomic E-state index is 5.88. The first-order chi connectivity index (χ1) is 11.2. The second-order valence-electron chi connectivity index (χ2n) is 5.40. The summed E-state index contributed by atoms with van der Waals surface area (Å²) in [5, 5.41) is 0. The minimum absolute atomic E-state index is 0.0182. The van der Waals surface area contributed by atoms with E-state index in [1.165, 1.54) is 0 Å². The van der Waals surface area contributed by atoms with E-state index in [9.17, 15) is 0 Å². The van der Waals surface area contributed by atoms with Crippen LogP contribution in [0.5, 0.6) is 11.9 Å². The van der Waals surface area contributed by atoms with Gasteiger partial charge in [0.05, 0.1) is 24.3 Å². The highest BCUT2D eigenvalue weighted by atomic mass is 79.9. The lowest BCUT2D eigenvalue weighted by atomic mass is 10.1. The normalized spacial score (nSPS) is 17.9. The molecule has 8 heteroatoms.